The third-order valence-electron chi connectivity index (χ3n) is 2.81. The van der Waals surface area contributed by atoms with E-state index in [1.807, 2.05) is 31.9 Å². The van der Waals surface area contributed by atoms with Crippen molar-refractivity contribution in [3.8, 4) is 0 Å². The largest absolute Gasteiger partial charge is 0.397 e. The molecule has 0 aliphatic heterocycles. The quantitative estimate of drug-likeness (QED) is 0.579. The lowest BCUT2D eigenvalue weighted by molar-refractivity contribution is 0.0956. The normalized spacial score (nSPS) is 10.3. The highest BCUT2D eigenvalue weighted by Gasteiger charge is 2.09. The highest BCUT2D eigenvalue weighted by Crippen LogP contribution is 2.23. The molecular weight excluding hydrogens is 242 g/mol. The van der Waals surface area contributed by atoms with Crippen LogP contribution < -0.4 is 16.0 Å². The average Bonchev–Trinajstić information content (AvgIpc) is 2.39. The van der Waals surface area contributed by atoms with Gasteiger partial charge in [-0.1, -0.05) is 0 Å². The molecule has 0 aliphatic carbocycles. The molecule has 0 radical (unpaired) electrons. The summed E-state index contributed by atoms with van der Waals surface area (Å²) in [6, 6.07) is 5.36. The van der Waals surface area contributed by atoms with Crippen LogP contribution in [0.5, 0.6) is 0 Å². The van der Waals surface area contributed by atoms with E-state index >= 15 is 0 Å². The number of hydrogen-bond acceptors (Lipinski definition) is 4. The lowest BCUT2D eigenvalue weighted by atomic mass is 10.1. The molecule has 3 N–H and O–H groups in total. The molecule has 0 spiro atoms. The van der Waals surface area contributed by atoms with Crippen molar-refractivity contribution < 1.29 is 9.53 Å². The molecule has 0 unspecified atom stereocenters. The van der Waals surface area contributed by atoms with E-state index in [0.29, 0.717) is 31.0 Å². The first-order chi connectivity index (χ1) is 9.10. The van der Waals surface area contributed by atoms with E-state index in [1.165, 1.54) is 0 Å². The maximum absolute atomic E-state index is 11.7. The van der Waals surface area contributed by atoms with Gasteiger partial charge in [-0.2, -0.15) is 0 Å². The number of nitrogen functional groups attached to an aromatic ring is 1. The number of carbonyl (C=O) groups excluding carboxylic acids is 1. The van der Waals surface area contributed by atoms with Crippen molar-refractivity contribution in [1.29, 1.82) is 0 Å². The number of ether oxygens (including phenoxy) is 1. The Labute approximate surface area is 114 Å². The summed E-state index contributed by atoms with van der Waals surface area (Å²) >= 11 is 0. The lowest BCUT2D eigenvalue weighted by Crippen LogP contribution is -2.25. The van der Waals surface area contributed by atoms with Gasteiger partial charge in [0.1, 0.15) is 0 Å². The van der Waals surface area contributed by atoms with E-state index in [9.17, 15) is 4.79 Å². The van der Waals surface area contributed by atoms with Gasteiger partial charge in [-0.15, -0.1) is 0 Å². The number of nitrogens with two attached hydrogens (primary N) is 1. The Kier molecular flexibility index (Phi) is 6.15. The molecule has 0 saturated heterocycles. The molecule has 0 bridgehead atoms. The van der Waals surface area contributed by atoms with E-state index in [-0.39, 0.29) is 5.91 Å². The van der Waals surface area contributed by atoms with Crippen LogP contribution in [0.25, 0.3) is 0 Å². The average molecular weight is 265 g/mol. The van der Waals surface area contributed by atoms with Gasteiger partial charge in [-0.05, 0) is 32.0 Å². The summed E-state index contributed by atoms with van der Waals surface area (Å²) in [5.41, 5.74) is 8.09. The number of amides is 1. The predicted octanol–water partition coefficient (Wildman–Crippen LogP) is 1.49. The number of nitrogens with one attached hydrogen (secondary N) is 1. The molecule has 0 aromatic heterocycles. The minimum Gasteiger partial charge on any atom is -0.397 e. The lowest BCUT2D eigenvalue weighted by Gasteiger charge is -2.21. The van der Waals surface area contributed by atoms with Crippen LogP contribution in [0, 0.1) is 0 Å². The van der Waals surface area contributed by atoms with Crippen molar-refractivity contribution in [3.05, 3.63) is 23.8 Å². The van der Waals surface area contributed by atoms with Crippen LogP contribution >= 0.6 is 0 Å². The summed E-state index contributed by atoms with van der Waals surface area (Å²) in [6.07, 6.45) is 0. The smallest absolute Gasteiger partial charge is 0.251 e. The van der Waals surface area contributed by atoms with Crippen molar-refractivity contribution >= 4 is 17.3 Å². The molecule has 106 valence electrons. The van der Waals surface area contributed by atoms with Gasteiger partial charge < -0.3 is 20.7 Å². The van der Waals surface area contributed by atoms with Crippen molar-refractivity contribution in [3.63, 3.8) is 0 Å². The van der Waals surface area contributed by atoms with Crippen LogP contribution in [-0.4, -0.2) is 39.3 Å². The summed E-state index contributed by atoms with van der Waals surface area (Å²) in [7, 11) is 1.95. The molecule has 1 aromatic rings. The number of likely N-dealkylation sites (N-methyl/N-ethyl adjacent to an activating group) is 1. The summed E-state index contributed by atoms with van der Waals surface area (Å²) < 4.78 is 5.31. The Morgan fingerprint density at radius 1 is 1.42 bits per heavy atom. The monoisotopic (exact) mass is 265 g/mol. The molecule has 19 heavy (non-hydrogen) atoms. The molecule has 1 aromatic carbocycles. The Balaban J connectivity index is 2.73. The van der Waals surface area contributed by atoms with Crippen LogP contribution in [0.1, 0.15) is 24.2 Å². The van der Waals surface area contributed by atoms with Crippen LogP contribution in [0.3, 0.4) is 0 Å². The van der Waals surface area contributed by atoms with E-state index in [1.54, 1.807) is 12.1 Å². The van der Waals surface area contributed by atoms with Crippen LogP contribution in [-0.2, 0) is 4.74 Å². The van der Waals surface area contributed by atoms with Gasteiger partial charge in [0.05, 0.1) is 18.0 Å². The van der Waals surface area contributed by atoms with Crippen LogP contribution in [0.4, 0.5) is 11.4 Å². The zero-order valence-corrected chi connectivity index (χ0v) is 11.9. The van der Waals surface area contributed by atoms with Crippen molar-refractivity contribution in [1.82, 2.24) is 5.32 Å². The number of benzene rings is 1. The highest BCUT2D eigenvalue weighted by molar-refractivity contribution is 5.96. The molecule has 1 amide bonds. The van der Waals surface area contributed by atoms with Crippen LogP contribution in [0.15, 0.2) is 18.2 Å². The van der Waals surface area contributed by atoms with Gasteiger partial charge in [0.25, 0.3) is 5.91 Å². The van der Waals surface area contributed by atoms with E-state index in [0.717, 1.165) is 12.2 Å². The third-order valence-corrected chi connectivity index (χ3v) is 2.81. The van der Waals surface area contributed by atoms with Gasteiger partial charge in [0, 0.05) is 32.3 Å². The summed E-state index contributed by atoms with van der Waals surface area (Å²) in [5.74, 6) is -0.0993. The van der Waals surface area contributed by atoms with Crippen molar-refractivity contribution in [2.45, 2.75) is 13.8 Å². The van der Waals surface area contributed by atoms with E-state index in [2.05, 4.69) is 5.32 Å². The number of anilines is 2. The van der Waals surface area contributed by atoms with E-state index in [4.69, 9.17) is 10.5 Å². The molecule has 0 atom stereocenters. The predicted molar refractivity (Wildman–Crippen MR) is 78.6 cm³/mol. The summed E-state index contributed by atoms with van der Waals surface area (Å²) in [5, 5.41) is 2.75. The minimum atomic E-state index is -0.0993. The first-order valence-corrected chi connectivity index (χ1v) is 6.56. The fraction of sp³-hybridized carbons (Fsp3) is 0.500. The molecule has 0 fully saturated rings. The zero-order chi connectivity index (χ0) is 14.3. The molecule has 5 nitrogen and oxygen atoms in total. The molecule has 0 heterocycles. The standard InChI is InChI=1S/C14H23N3O2/c1-4-16-14(18)11-6-7-13(12(15)10-11)17(3)8-9-19-5-2/h6-7,10H,4-5,8-9,15H2,1-3H3,(H,16,18). The molecule has 5 heteroatoms. The highest BCUT2D eigenvalue weighted by atomic mass is 16.5. The Hall–Kier alpha value is -1.75. The van der Waals surface area contributed by atoms with E-state index < -0.39 is 0 Å². The number of hydrogen-bond donors (Lipinski definition) is 2. The Morgan fingerprint density at radius 2 is 2.16 bits per heavy atom. The first kappa shape index (κ1) is 15.3. The SMILES string of the molecule is CCNC(=O)c1ccc(N(C)CCOCC)c(N)c1. The second-order valence-corrected chi connectivity index (χ2v) is 4.25. The van der Waals surface area contributed by atoms with Crippen LogP contribution in [0.2, 0.25) is 0 Å². The molecule has 1 rings (SSSR count). The fourth-order valence-corrected chi connectivity index (χ4v) is 1.77. The Bertz CT molecular complexity index is 421. The maximum Gasteiger partial charge on any atom is 0.251 e. The van der Waals surface area contributed by atoms with Gasteiger partial charge >= 0.3 is 0 Å². The molecular formula is C14H23N3O2. The zero-order valence-electron chi connectivity index (χ0n) is 11.9. The summed E-state index contributed by atoms with van der Waals surface area (Å²) in [4.78, 5) is 13.7. The second-order valence-electron chi connectivity index (χ2n) is 4.25. The third kappa shape index (κ3) is 4.44. The van der Waals surface area contributed by atoms with Crippen molar-refractivity contribution in [2.24, 2.45) is 0 Å². The van der Waals surface area contributed by atoms with Gasteiger partial charge in [-0.25, -0.2) is 0 Å². The van der Waals surface area contributed by atoms with Crippen molar-refractivity contribution in [2.75, 3.05) is 44.0 Å². The first-order valence-electron chi connectivity index (χ1n) is 6.56. The Morgan fingerprint density at radius 3 is 2.74 bits per heavy atom. The number of nitrogens with zero attached hydrogens (tertiary/aromatic N) is 1. The topological polar surface area (TPSA) is 67.6 Å². The fourth-order valence-electron chi connectivity index (χ4n) is 1.77. The minimum absolute atomic E-state index is 0.0993. The van der Waals surface area contributed by atoms with Gasteiger partial charge in [-0.3, -0.25) is 4.79 Å². The van der Waals surface area contributed by atoms with Gasteiger partial charge in [0.15, 0.2) is 0 Å². The molecule has 0 saturated carbocycles. The number of rotatable bonds is 7. The summed E-state index contributed by atoms with van der Waals surface area (Å²) in [6.45, 7) is 6.59. The number of carbonyl (C=O) groups is 1. The maximum atomic E-state index is 11.7. The molecule has 0 aliphatic rings. The second kappa shape index (κ2) is 7.63. The van der Waals surface area contributed by atoms with Gasteiger partial charge in [0.2, 0.25) is 0 Å².